The molecule has 128 valence electrons. The molecule has 0 aliphatic carbocycles. The zero-order valence-electron chi connectivity index (χ0n) is 14.3. The predicted molar refractivity (Wildman–Crippen MR) is 99.3 cm³/mol. The molecular formula is C20H17N5O. The van der Waals surface area contributed by atoms with E-state index < -0.39 is 0 Å². The number of hydrogen-bond donors (Lipinski definition) is 1. The second-order valence-corrected chi connectivity index (χ2v) is 5.87. The molecular weight excluding hydrogens is 326 g/mol. The van der Waals surface area contributed by atoms with Gasteiger partial charge in [0.2, 0.25) is 0 Å². The van der Waals surface area contributed by atoms with Gasteiger partial charge in [0.25, 0.3) is 5.89 Å². The van der Waals surface area contributed by atoms with Crippen LogP contribution in [0, 0.1) is 6.92 Å². The highest BCUT2D eigenvalue weighted by Gasteiger charge is 2.07. The van der Waals surface area contributed by atoms with E-state index in [1.165, 1.54) is 5.56 Å². The van der Waals surface area contributed by atoms with Crippen molar-refractivity contribution in [1.82, 2.24) is 20.1 Å². The Hall–Kier alpha value is -3.54. The van der Waals surface area contributed by atoms with Gasteiger partial charge in [-0.25, -0.2) is 4.98 Å². The fourth-order valence-corrected chi connectivity index (χ4v) is 2.62. The summed E-state index contributed by atoms with van der Waals surface area (Å²) in [5.74, 6) is 1.86. The summed E-state index contributed by atoms with van der Waals surface area (Å²) in [7, 11) is 0. The number of pyridine rings is 2. The van der Waals surface area contributed by atoms with Gasteiger partial charge in [0, 0.05) is 30.7 Å². The smallest absolute Gasteiger partial charge is 0.258 e. The lowest BCUT2D eigenvalue weighted by Crippen LogP contribution is -2.01. The van der Waals surface area contributed by atoms with Crippen molar-refractivity contribution in [3.05, 3.63) is 78.5 Å². The quantitative estimate of drug-likeness (QED) is 0.587. The summed E-state index contributed by atoms with van der Waals surface area (Å²) in [5.41, 5.74) is 4.26. The van der Waals surface area contributed by atoms with Gasteiger partial charge in [-0.3, -0.25) is 4.98 Å². The first kappa shape index (κ1) is 16.0. The maximum atomic E-state index is 5.20. The topological polar surface area (TPSA) is 76.7 Å². The summed E-state index contributed by atoms with van der Waals surface area (Å²) in [5, 5.41) is 7.14. The molecule has 6 nitrogen and oxygen atoms in total. The van der Waals surface area contributed by atoms with Gasteiger partial charge in [0.05, 0.1) is 0 Å². The maximum Gasteiger partial charge on any atom is 0.258 e. The molecule has 0 aliphatic heterocycles. The van der Waals surface area contributed by atoms with E-state index >= 15 is 0 Å². The van der Waals surface area contributed by atoms with Crippen molar-refractivity contribution >= 4 is 5.82 Å². The highest BCUT2D eigenvalue weighted by molar-refractivity contribution is 5.62. The van der Waals surface area contributed by atoms with Crippen LogP contribution in [-0.4, -0.2) is 20.1 Å². The lowest BCUT2D eigenvalue weighted by molar-refractivity contribution is 0.425. The molecule has 3 heterocycles. The molecule has 26 heavy (non-hydrogen) atoms. The van der Waals surface area contributed by atoms with E-state index in [0.717, 1.165) is 22.5 Å². The standard InChI is InChI=1S/C20H17N5O/c1-14-24-20(26-25-14)17-8-10-22-19(11-17)23-12-15-4-6-16(7-5-15)18-3-2-9-21-13-18/h2-11,13H,12H2,1H3,(H,22,23). The van der Waals surface area contributed by atoms with Crippen molar-refractivity contribution in [2.24, 2.45) is 0 Å². The van der Waals surface area contributed by atoms with E-state index in [-0.39, 0.29) is 0 Å². The van der Waals surface area contributed by atoms with Gasteiger partial charge in [0.1, 0.15) is 5.82 Å². The minimum Gasteiger partial charge on any atom is -0.366 e. The van der Waals surface area contributed by atoms with Crippen molar-refractivity contribution in [3.63, 3.8) is 0 Å². The first-order chi connectivity index (χ1) is 12.8. The van der Waals surface area contributed by atoms with E-state index in [2.05, 4.69) is 55.8 Å². The van der Waals surface area contributed by atoms with Crippen LogP contribution >= 0.6 is 0 Å². The van der Waals surface area contributed by atoms with Crippen LogP contribution in [-0.2, 0) is 6.54 Å². The fraction of sp³-hybridized carbons (Fsp3) is 0.100. The highest BCUT2D eigenvalue weighted by atomic mass is 16.5. The van der Waals surface area contributed by atoms with Crippen LogP contribution in [0.4, 0.5) is 5.82 Å². The normalized spacial score (nSPS) is 10.7. The molecule has 0 saturated carbocycles. The number of nitrogens with zero attached hydrogens (tertiary/aromatic N) is 4. The van der Waals surface area contributed by atoms with E-state index in [1.807, 2.05) is 24.4 Å². The van der Waals surface area contributed by atoms with E-state index in [9.17, 15) is 0 Å². The van der Waals surface area contributed by atoms with Crippen LogP contribution in [0.15, 0.2) is 71.6 Å². The molecule has 0 amide bonds. The number of nitrogens with one attached hydrogen (secondary N) is 1. The zero-order chi connectivity index (χ0) is 17.8. The molecule has 0 radical (unpaired) electrons. The van der Waals surface area contributed by atoms with E-state index in [4.69, 9.17) is 4.52 Å². The third-order valence-corrected chi connectivity index (χ3v) is 3.96. The van der Waals surface area contributed by atoms with E-state index in [0.29, 0.717) is 18.3 Å². The Morgan fingerprint density at radius 1 is 0.962 bits per heavy atom. The Balaban J connectivity index is 1.44. The molecule has 0 bridgehead atoms. The van der Waals surface area contributed by atoms with Gasteiger partial charge >= 0.3 is 0 Å². The second kappa shape index (κ2) is 7.14. The average molecular weight is 343 g/mol. The number of aromatic nitrogens is 4. The third kappa shape index (κ3) is 3.59. The van der Waals surface area contributed by atoms with Crippen molar-refractivity contribution in [2.75, 3.05) is 5.32 Å². The van der Waals surface area contributed by atoms with Gasteiger partial charge in [0.15, 0.2) is 5.82 Å². The molecule has 0 saturated heterocycles. The summed E-state index contributed by atoms with van der Waals surface area (Å²) in [6, 6.07) is 16.1. The molecule has 0 aliphatic rings. The molecule has 0 atom stereocenters. The van der Waals surface area contributed by atoms with Gasteiger partial charge in [-0.2, -0.15) is 4.98 Å². The average Bonchev–Trinajstić information content (AvgIpc) is 3.14. The minimum atomic E-state index is 0.494. The number of benzene rings is 1. The lowest BCUT2D eigenvalue weighted by Gasteiger charge is -2.07. The van der Waals surface area contributed by atoms with Crippen molar-refractivity contribution < 1.29 is 4.52 Å². The predicted octanol–water partition coefficient (Wildman–Crippen LogP) is 4.11. The van der Waals surface area contributed by atoms with Gasteiger partial charge < -0.3 is 9.84 Å². The van der Waals surface area contributed by atoms with Crippen LogP contribution in [0.5, 0.6) is 0 Å². The Kier molecular flexibility index (Phi) is 4.38. The first-order valence-electron chi connectivity index (χ1n) is 8.28. The molecule has 0 spiro atoms. The van der Waals surface area contributed by atoms with Crippen LogP contribution < -0.4 is 5.32 Å². The van der Waals surface area contributed by atoms with E-state index in [1.54, 1.807) is 19.3 Å². The Morgan fingerprint density at radius 2 is 1.85 bits per heavy atom. The summed E-state index contributed by atoms with van der Waals surface area (Å²) < 4.78 is 5.20. The molecule has 4 rings (SSSR count). The first-order valence-corrected chi connectivity index (χ1v) is 8.28. The largest absolute Gasteiger partial charge is 0.366 e. The fourth-order valence-electron chi connectivity index (χ4n) is 2.62. The Bertz CT molecular complexity index is 996. The number of hydrogen-bond acceptors (Lipinski definition) is 6. The molecule has 1 N–H and O–H groups in total. The molecule has 3 aromatic heterocycles. The zero-order valence-corrected chi connectivity index (χ0v) is 14.3. The number of anilines is 1. The van der Waals surface area contributed by atoms with Gasteiger partial charge in [-0.1, -0.05) is 35.5 Å². The third-order valence-electron chi connectivity index (χ3n) is 3.96. The minimum absolute atomic E-state index is 0.494. The monoisotopic (exact) mass is 343 g/mol. The van der Waals surface area contributed by atoms with Crippen molar-refractivity contribution in [2.45, 2.75) is 13.5 Å². The van der Waals surface area contributed by atoms with Crippen LogP contribution in [0.1, 0.15) is 11.4 Å². The second-order valence-electron chi connectivity index (χ2n) is 5.87. The molecule has 0 unspecified atom stereocenters. The van der Waals surface area contributed by atoms with Crippen LogP contribution in [0.25, 0.3) is 22.6 Å². The Morgan fingerprint density at radius 3 is 2.58 bits per heavy atom. The number of aryl methyl sites for hydroxylation is 1. The van der Waals surface area contributed by atoms with Gasteiger partial charge in [-0.15, -0.1) is 0 Å². The molecule has 4 aromatic rings. The molecule has 6 heteroatoms. The molecule has 1 aromatic carbocycles. The van der Waals surface area contributed by atoms with Crippen LogP contribution in [0.2, 0.25) is 0 Å². The summed E-state index contributed by atoms with van der Waals surface area (Å²) in [6.45, 7) is 2.47. The van der Waals surface area contributed by atoms with Crippen LogP contribution in [0.3, 0.4) is 0 Å². The maximum absolute atomic E-state index is 5.20. The lowest BCUT2D eigenvalue weighted by atomic mass is 10.1. The SMILES string of the molecule is Cc1noc(-c2ccnc(NCc3ccc(-c4cccnc4)cc3)c2)n1. The Labute approximate surface area is 151 Å². The summed E-state index contributed by atoms with van der Waals surface area (Å²) in [4.78, 5) is 12.7. The number of rotatable bonds is 5. The molecule has 0 fully saturated rings. The van der Waals surface area contributed by atoms with Gasteiger partial charge in [-0.05, 0) is 41.8 Å². The summed E-state index contributed by atoms with van der Waals surface area (Å²) in [6.07, 6.45) is 5.36. The highest BCUT2D eigenvalue weighted by Crippen LogP contribution is 2.21. The van der Waals surface area contributed by atoms with Crippen molar-refractivity contribution in [3.8, 4) is 22.6 Å². The summed E-state index contributed by atoms with van der Waals surface area (Å²) >= 11 is 0. The van der Waals surface area contributed by atoms with Crippen molar-refractivity contribution in [1.29, 1.82) is 0 Å².